The fraction of sp³-hybridized carbons (Fsp3) is 0.769. The SMILES string of the molecule is CCCCCCCN[C@H]1CC[C@H]2[C@@H]3CCc4ccc(OC)cc4[C@H]3CC[C@]12C. The van der Waals surface area contributed by atoms with Crippen LogP contribution in [0.15, 0.2) is 18.2 Å². The van der Waals surface area contributed by atoms with Gasteiger partial charge in [-0.2, -0.15) is 0 Å². The van der Waals surface area contributed by atoms with Crippen molar-refractivity contribution in [3.8, 4) is 5.75 Å². The van der Waals surface area contributed by atoms with Crippen LogP contribution >= 0.6 is 0 Å². The highest BCUT2D eigenvalue weighted by Crippen LogP contribution is 2.61. The molecule has 3 aliphatic carbocycles. The number of hydrogen-bond donors (Lipinski definition) is 1. The second-order valence-electron chi connectivity index (χ2n) is 10.0. The van der Waals surface area contributed by atoms with E-state index in [1.807, 2.05) is 0 Å². The highest BCUT2D eigenvalue weighted by molar-refractivity contribution is 5.41. The first kappa shape index (κ1) is 20.3. The van der Waals surface area contributed by atoms with Gasteiger partial charge in [0.1, 0.15) is 5.75 Å². The third kappa shape index (κ3) is 3.74. The summed E-state index contributed by atoms with van der Waals surface area (Å²) in [4.78, 5) is 0. The van der Waals surface area contributed by atoms with Crippen LogP contribution in [0.2, 0.25) is 0 Å². The minimum absolute atomic E-state index is 0.515. The van der Waals surface area contributed by atoms with Gasteiger partial charge in [0, 0.05) is 6.04 Å². The Morgan fingerprint density at radius 3 is 2.75 bits per heavy atom. The minimum atomic E-state index is 0.515. The van der Waals surface area contributed by atoms with Crippen molar-refractivity contribution < 1.29 is 4.74 Å². The number of ether oxygens (including phenoxy) is 1. The second kappa shape index (κ2) is 8.78. The second-order valence-corrected chi connectivity index (χ2v) is 10.0. The van der Waals surface area contributed by atoms with E-state index >= 15 is 0 Å². The fourth-order valence-electron chi connectivity index (χ4n) is 7.01. The maximum absolute atomic E-state index is 5.55. The molecule has 0 heterocycles. The average molecular weight is 384 g/mol. The maximum Gasteiger partial charge on any atom is 0.119 e. The smallest absolute Gasteiger partial charge is 0.119 e. The molecule has 0 aromatic heterocycles. The lowest BCUT2D eigenvalue weighted by Gasteiger charge is -2.51. The molecule has 156 valence electrons. The Kier molecular flexibility index (Phi) is 6.35. The number of fused-ring (bicyclic) bond motifs is 5. The van der Waals surface area contributed by atoms with E-state index in [4.69, 9.17) is 4.74 Å². The number of methoxy groups -OCH3 is 1. The van der Waals surface area contributed by atoms with Gasteiger partial charge in [-0.1, -0.05) is 45.6 Å². The predicted octanol–water partition coefficient (Wildman–Crippen LogP) is 6.48. The maximum atomic E-state index is 5.55. The summed E-state index contributed by atoms with van der Waals surface area (Å²) in [6, 6.07) is 7.59. The van der Waals surface area contributed by atoms with Crippen molar-refractivity contribution in [3.05, 3.63) is 29.3 Å². The summed E-state index contributed by atoms with van der Waals surface area (Å²) in [6.07, 6.45) is 15.2. The molecule has 5 atom stereocenters. The van der Waals surface area contributed by atoms with Crippen LogP contribution in [0.4, 0.5) is 0 Å². The summed E-state index contributed by atoms with van der Waals surface area (Å²) in [5, 5.41) is 4.01. The largest absolute Gasteiger partial charge is 0.497 e. The highest BCUT2D eigenvalue weighted by atomic mass is 16.5. The normalized spacial score (nSPS) is 33.8. The van der Waals surface area contributed by atoms with Gasteiger partial charge in [-0.15, -0.1) is 0 Å². The Balaban J connectivity index is 1.40. The van der Waals surface area contributed by atoms with Crippen molar-refractivity contribution in [1.82, 2.24) is 5.32 Å². The lowest BCUT2D eigenvalue weighted by atomic mass is 9.55. The molecule has 2 saturated carbocycles. The van der Waals surface area contributed by atoms with Gasteiger partial charge < -0.3 is 10.1 Å². The van der Waals surface area contributed by atoms with E-state index in [0.29, 0.717) is 5.41 Å². The quantitative estimate of drug-likeness (QED) is 0.519. The van der Waals surface area contributed by atoms with Gasteiger partial charge in [0.05, 0.1) is 7.11 Å². The van der Waals surface area contributed by atoms with E-state index in [9.17, 15) is 0 Å². The molecular formula is C26H41NO. The molecule has 0 bridgehead atoms. The summed E-state index contributed by atoms with van der Waals surface area (Å²) in [7, 11) is 1.80. The zero-order chi connectivity index (χ0) is 19.6. The van der Waals surface area contributed by atoms with E-state index in [1.54, 1.807) is 18.2 Å². The molecular weight excluding hydrogens is 342 g/mol. The van der Waals surface area contributed by atoms with E-state index in [1.165, 1.54) is 77.2 Å². The number of hydrogen-bond acceptors (Lipinski definition) is 2. The van der Waals surface area contributed by atoms with E-state index in [0.717, 1.165) is 29.5 Å². The molecule has 3 aliphatic rings. The lowest BCUT2D eigenvalue weighted by Crippen LogP contribution is -2.48. The molecule has 0 unspecified atom stereocenters. The summed E-state index contributed by atoms with van der Waals surface area (Å²) in [6.45, 7) is 6.15. The van der Waals surface area contributed by atoms with E-state index in [-0.39, 0.29) is 0 Å². The topological polar surface area (TPSA) is 21.3 Å². The molecule has 1 N–H and O–H groups in total. The van der Waals surface area contributed by atoms with Gasteiger partial charge in [-0.25, -0.2) is 0 Å². The molecule has 0 aliphatic heterocycles. The highest BCUT2D eigenvalue weighted by Gasteiger charge is 2.54. The van der Waals surface area contributed by atoms with Crippen molar-refractivity contribution in [2.75, 3.05) is 13.7 Å². The van der Waals surface area contributed by atoms with Gasteiger partial charge in [0.25, 0.3) is 0 Å². The van der Waals surface area contributed by atoms with Crippen LogP contribution in [-0.4, -0.2) is 19.7 Å². The van der Waals surface area contributed by atoms with Crippen molar-refractivity contribution >= 4 is 0 Å². The van der Waals surface area contributed by atoms with Crippen LogP contribution in [0.1, 0.15) is 95.1 Å². The third-order valence-electron chi connectivity index (χ3n) is 8.61. The van der Waals surface area contributed by atoms with Crippen molar-refractivity contribution in [1.29, 1.82) is 0 Å². The molecule has 1 aromatic rings. The van der Waals surface area contributed by atoms with Crippen molar-refractivity contribution in [3.63, 3.8) is 0 Å². The van der Waals surface area contributed by atoms with E-state index in [2.05, 4.69) is 37.4 Å². The Bertz CT molecular complexity index is 656. The molecule has 4 rings (SSSR count). The Morgan fingerprint density at radius 2 is 1.93 bits per heavy atom. The Morgan fingerprint density at radius 1 is 1.07 bits per heavy atom. The first-order valence-corrected chi connectivity index (χ1v) is 12.1. The number of nitrogens with one attached hydrogen (secondary N) is 1. The summed E-state index contributed by atoms with van der Waals surface area (Å²) in [5.41, 5.74) is 3.72. The molecule has 0 saturated heterocycles. The van der Waals surface area contributed by atoms with Crippen LogP contribution < -0.4 is 10.1 Å². The number of aryl methyl sites for hydroxylation is 1. The van der Waals surface area contributed by atoms with Crippen LogP contribution in [-0.2, 0) is 6.42 Å². The van der Waals surface area contributed by atoms with Gasteiger partial charge in [0.2, 0.25) is 0 Å². The van der Waals surface area contributed by atoms with Gasteiger partial charge >= 0.3 is 0 Å². The molecule has 2 heteroatoms. The van der Waals surface area contributed by atoms with Crippen molar-refractivity contribution in [2.24, 2.45) is 17.3 Å². The van der Waals surface area contributed by atoms with Gasteiger partial charge in [-0.05, 0) is 97.9 Å². The molecule has 0 amide bonds. The minimum Gasteiger partial charge on any atom is -0.497 e. The van der Waals surface area contributed by atoms with Gasteiger partial charge in [0.15, 0.2) is 0 Å². The Labute approximate surface area is 172 Å². The summed E-state index contributed by atoms with van der Waals surface area (Å²) in [5.74, 6) is 3.60. The van der Waals surface area contributed by atoms with Crippen LogP contribution in [0, 0.1) is 17.3 Å². The van der Waals surface area contributed by atoms with Gasteiger partial charge in [-0.3, -0.25) is 0 Å². The third-order valence-corrected chi connectivity index (χ3v) is 8.61. The van der Waals surface area contributed by atoms with Crippen LogP contribution in [0.25, 0.3) is 0 Å². The van der Waals surface area contributed by atoms with Crippen molar-refractivity contribution in [2.45, 2.75) is 96.4 Å². The average Bonchev–Trinajstić information content (AvgIpc) is 3.06. The summed E-state index contributed by atoms with van der Waals surface area (Å²) < 4.78 is 5.55. The molecule has 28 heavy (non-hydrogen) atoms. The molecule has 0 spiro atoms. The Hall–Kier alpha value is -1.02. The fourth-order valence-corrected chi connectivity index (χ4v) is 7.01. The lowest BCUT2D eigenvalue weighted by molar-refractivity contribution is 0.0412. The van der Waals surface area contributed by atoms with Crippen LogP contribution in [0.3, 0.4) is 0 Å². The molecule has 1 aromatic carbocycles. The van der Waals surface area contributed by atoms with Crippen LogP contribution in [0.5, 0.6) is 5.75 Å². The molecule has 2 nitrogen and oxygen atoms in total. The predicted molar refractivity (Wildman–Crippen MR) is 118 cm³/mol. The monoisotopic (exact) mass is 383 g/mol. The first-order chi connectivity index (χ1) is 13.7. The van der Waals surface area contributed by atoms with E-state index < -0.39 is 0 Å². The first-order valence-electron chi connectivity index (χ1n) is 12.1. The molecule has 2 fully saturated rings. The molecule has 0 radical (unpaired) electrons. The number of rotatable bonds is 8. The number of benzene rings is 1. The standard InChI is InChI=1S/C26H41NO/c1-4-5-6-7-8-17-27-25-14-13-24-22-12-10-19-9-11-20(28-3)18-23(19)21(22)15-16-26(24,25)2/h9,11,18,21-22,24-25,27H,4-8,10,12-17H2,1-3H3/t21-,22+,24-,25-,26-/m0/s1. The zero-order valence-electron chi connectivity index (χ0n) is 18.4. The number of unbranched alkanes of at least 4 members (excludes halogenated alkanes) is 4. The zero-order valence-corrected chi connectivity index (χ0v) is 18.4. The summed E-state index contributed by atoms with van der Waals surface area (Å²) >= 11 is 0.